The van der Waals surface area contributed by atoms with Gasteiger partial charge in [0.25, 0.3) is 0 Å². The third kappa shape index (κ3) is 5.50. The van der Waals surface area contributed by atoms with Gasteiger partial charge in [-0.15, -0.1) is 0 Å². The van der Waals surface area contributed by atoms with E-state index in [2.05, 4.69) is 73.8 Å². The molecule has 0 bridgehead atoms. The Bertz CT molecular complexity index is 338. The average molecular weight is 229 g/mol. The van der Waals surface area contributed by atoms with E-state index in [0.29, 0.717) is 6.04 Å². The fraction of sp³-hybridized carbons (Fsp3) is 0.375. The van der Waals surface area contributed by atoms with Crippen molar-refractivity contribution >= 4 is 0 Å². The van der Waals surface area contributed by atoms with Crippen LogP contribution in [0, 0.1) is 0 Å². The van der Waals surface area contributed by atoms with Crippen molar-refractivity contribution in [3.8, 4) is 0 Å². The second-order valence-corrected chi connectivity index (χ2v) is 4.02. The Balaban J connectivity index is 2.54. The van der Waals surface area contributed by atoms with Gasteiger partial charge >= 0.3 is 0 Å². The quantitative estimate of drug-likeness (QED) is 0.544. The maximum Gasteiger partial charge on any atom is 0.0506 e. The Hall–Kier alpha value is -1.34. The van der Waals surface area contributed by atoms with Crippen LogP contribution in [0.3, 0.4) is 0 Å². The molecule has 1 unspecified atom stereocenters. The van der Waals surface area contributed by atoms with E-state index in [1.54, 1.807) is 0 Å². The van der Waals surface area contributed by atoms with E-state index in [0.717, 1.165) is 19.4 Å². The number of hydrogen-bond acceptors (Lipinski definition) is 1. The fourth-order valence-electron chi connectivity index (χ4n) is 1.77. The first kappa shape index (κ1) is 13.7. The van der Waals surface area contributed by atoms with E-state index in [9.17, 15) is 0 Å². The third-order valence-corrected chi connectivity index (χ3v) is 2.65. The molecule has 92 valence electrons. The average Bonchev–Trinajstić information content (AvgIpc) is 2.38. The summed E-state index contributed by atoms with van der Waals surface area (Å²) in [6.45, 7) is 5.19. The van der Waals surface area contributed by atoms with Crippen molar-refractivity contribution in [3.05, 3.63) is 60.2 Å². The zero-order valence-electron chi connectivity index (χ0n) is 10.9. The minimum Gasteiger partial charge on any atom is -0.307 e. The molecule has 0 amide bonds. The van der Waals surface area contributed by atoms with Gasteiger partial charge in [0, 0.05) is 0 Å². The molecule has 0 heterocycles. The topological polar surface area (TPSA) is 12.0 Å². The molecule has 0 radical (unpaired) electrons. The molecular weight excluding hydrogens is 206 g/mol. The minimum atomic E-state index is 0.340. The summed E-state index contributed by atoms with van der Waals surface area (Å²) in [4.78, 5) is 0. The Morgan fingerprint density at radius 2 is 1.82 bits per heavy atom. The molecule has 1 atom stereocenters. The molecule has 1 aromatic rings. The molecule has 0 saturated carbocycles. The zero-order chi connectivity index (χ0) is 12.3. The lowest BCUT2D eigenvalue weighted by Crippen LogP contribution is -2.18. The van der Waals surface area contributed by atoms with Crippen molar-refractivity contribution in [3.63, 3.8) is 0 Å². The number of nitrogens with one attached hydrogen (secondary N) is 1. The van der Waals surface area contributed by atoms with Crippen molar-refractivity contribution in [1.29, 1.82) is 0 Å². The molecule has 0 aliphatic carbocycles. The first-order valence-corrected chi connectivity index (χ1v) is 6.44. The van der Waals surface area contributed by atoms with Gasteiger partial charge in [-0.2, -0.15) is 0 Å². The highest BCUT2D eigenvalue weighted by Crippen LogP contribution is 2.14. The summed E-state index contributed by atoms with van der Waals surface area (Å²) >= 11 is 0. The molecule has 17 heavy (non-hydrogen) atoms. The molecule has 0 aliphatic rings. The van der Waals surface area contributed by atoms with E-state index in [-0.39, 0.29) is 0 Å². The van der Waals surface area contributed by atoms with E-state index >= 15 is 0 Å². The standard InChI is InChI=1S/C16H23N/c1-3-5-6-7-11-14-16(17-4-2)15-12-9-8-10-13-15/h3,5,8-14,16-17H,4,6-7H2,1-2H3/b5-3-,14-11+. The molecular formula is C16H23N. The van der Waals surface area contributed by atoms with Gasteiger partial charge in [-0.05, 0) is 31.9 Å². The van der Waals surface area contributed by atoms with Crippen LogP contribution >= 0.6 is 0 Å². The van der Waals surface area contributed by atoms with Gasteiger partial charge in [0.05, 0.1) is 6.04 Å². The third-order valence-electron chi connectivity index (χ3n) is 2.65. The van der Waals surface area contributed by atoms with E-state index < -0.39 is 0 Å². The summed E-state index contributed by atoms with van der Waals surface area (Å²) in [7, 11) is 0. The lowest BCUT2D eigenvalue weighted by atomic mass is 10.1. The number of rotatable bonds is 7. The molecule has 0 saturated heterocycles. The van der Waals surface area contributed by atoms with Crippen LogP contribution in [0.15, 0.2) is 54.6 Å². The van der Waals surface area contributed by atoms with Crippen LogP contribution in [-0.4, -0.2) is 6.54 Å². The van der Waals surface area contributed by atoms with E-state index in [4.69, 9.17) is 0 Å². The Morgan fingerprint density at radius 3 is 2.47 bits per heavy atom. The van der Waals surface area contributed by atoms with Crippen LogP contribution < -0.4 is 5.32 Å². The Morgan fingerprint density at radius 1 is 1.12 bits per heavy atom. The highest BCUT2D eigenvalue weighted by Gasteiger charge is 2.04. The Labute approximate surface area is 105 Å². The number of hydrogen-bond donors (Lipinski definition) is 1. The molecule has 1 aromatic carbocycles. The van der Waals surface area contributed by atoms with Crippen molar-refractivity contribution in [2.24, 2.45) is 0 Å². The summed E-state index contributed by atoms with van der Waals surface area (Å²) in [5.74, 6) is 0. The summed E-state index contributed by atoms with van der Waals surface area (Å²) in [6.07, 6.45) is 11.1. The first-order chi connectivity index (χ1) is 8.38. The summed E-state index contributed by atoms with van der Waals surface area (Å²) in [5.41, 5.74) is 1.33. The van der Waals surface area contributed by atoms with Gasteiger partial charge in [0.2, 0.25) is 0 Å². The smallest absolute Gasteiger partial charge is 0.0506 e. The lowest BCUT2D eigenvalue weighted by molar-refractivity contribution is 0.646. The Kier molecular flexibility index (Phi) is 7.08. The van der Waals surface area contributed by atoms with Crippen LogP contribution in [0.25, 0.3) is 0 Å². The normalized spacial score (nSPS) is 13.5. The molecule has 0 aromatic heterocycles. The van der Waals surface area contributed by atoms with Crippen molar-refractivity contribution in [1.82, 2.24) is 5.32 Å². The van der Waals surface area contributed by atoms with Gasteiger partial charge < -0.3 is 5.32 Å². The highest BCUT2D eigenvalue weighted by molar-refractivity contribution is 5.22. The van der Waals surface area contributed by atoms with Crippen LogP contribution in [0.5, 0.6) is 0 Å². The number of benzene rings is 1. The van der Waals surface area contributed by atoms with Crippen LogP contribution in [-0.2, 0) is 0 Å². The molecule has 0 aliphatic heterocycles. The summed E-state index contributed by atoms with van der Waals surface area (Å²) in [6, 6.07) is 10.9. The van der Waals surface area contributed by atoms with Crippen molar-refractivity contribution < 1.29 is 0 Å². The molecule has 1 rings (SSSR count). The van der Waals surface area contributed by atoms with Crippen molar-refractivity contribution in [2.75, 3.05) is 6.54 Å². The SMILES string of the molecule is C/C=C\CC/C=C/C(NCC)c1ccccc1. The summed E-state index contributed by atoms with van der Waals surface area (Å²) < 4.78 is 0. The molecule has 0 spiro atoms. The van der Waals surface area contributed by atoms with E-state index in [1.807, 2.05) is 0 Å². The predicted octanol–water partition coefficient (Wildman–Crippen LogP) is 4.25. The van der Waals surface area contributed by atoms with Gasteiger partial charge in [-0.3, -0.25) is 0 Å². The number of allylic oxidation sites excluding steroid dienone is 3. The van der Waals surface area contributed by atoms with Crippen LogP contribution in [0.1, 0.15) is 38.3 Å². The first-order valence-electron chi connectivity index (χ1n) is 6.44. The maximum absolute atomic E-state index is 3.48. The minimum absolute atomic E-state index is 0.340. The maximum atomic E-state index is 3.48. The number of unbranched alkanes of at least 4 members (excludes halogenated alkanes) is 1. The van der Waals surface area contributed by atoms with Crippen LogP contribution in [0.2, 0.25) is 0 Å². The van der Waals surface area contributed by atoms with Gasteiger partial charge in [0.15, 0.2) is 0 Å². The zero-order valence-corrected chi connectivity index (χ0v) is 10.9. The molecule has 0 fully saturated rings. The number of likely N-dealkylation sites (N-methyl/N-ethyl adjacent to an activating group) is 1. The molecule has 1 nitrogen and oxygen atoms in total. The second kappa shape index (κ2) is 8.77. The van der Waals surface area contributed by atoms with Crippen molar-refractivity contribution in [2.45, 2.75) is 32.7 Å². The highest BCUT2D eigenvalue weighted by atomic mass is 14.9. The fourth-order valence-corrected chi connectivity index (χ4v) is 1.77. The lowest BCUT2D eigenvalue weighted by Gasteiger charge is -2.13. The van der Waals surface area contributed by atoms with Crippen LogP contribution in [0.4, 0.5) is 0 Å². The monoisotopic (exact) mass is 229 g/mol. The van der Waals surface area contributed by atoms with E-state index in [1.165, 1.54) is 5.56 Å². The predicted molar refractivity (Wildman–Crippen MR) is 76.0 cm³/mol. The van der Waals surface area contributed by atoms with Gasteiger partial charge in [0.1, 0.15) is 0 Å². The largest absolute Gasteiger partial charge is 0.307 e. The second-order valence-electron chi connectivity index (χ2n) is 4.02. The van der Waals surface area contributed by atoms with Gasteiger partial charge in [-0.1, -0.05) is 61.6 Å². The molecule has 1 N–H and O–H groups in total. The summed E-state index contributed by atoms with van der Waals surface area (Å²) in [5, 5.41) is 3.48. The van der Waals surface area contributed by atoms with Gasteiger partial charge in [-0.25, -0.2) is 0 Å². The molecule has 1 heteroatoms.